The molecule has 0 amide bonds. The van der Waals surface area contributed by atoms with E-state index < -0.39 is 10.9 Å². The van der Waals surface area contributed by atoms with Gasteiger partial charge in [0.15, 0.2) is 11.5 Å². The van der Waals surface area contributed by atoms with Crippen LogP contribution in [0.25, 0.3) is 0 Å². The number of oxime groups is 1. The van der Waals surface area contributed by atoms with Gasteiger partial charge in [-0.15, -0.1) is 0 Å². The second kappa shape index (κ2) is 6.98. The van der Waals surface area contributed by atoms with Gasteiger partial charge < -0.3 is 9.57 Å². The Kier molecular flexibility index (Phi) is 4.81. The Morgan fingerprint density at radius 1 is 1.05 bits per heavy atom. The molecule has 0 bridgehead atoms. The van der Waals surface area contributed by atoms with Crippen molar-refractivity contribution in [3.63, 3.8) is 0 Å². The molecule has 2 aromatic rings. The molecule has 0 spiro atoms. The van der Waals surface area contributed by atoms with E-state index in [1.54, 1.807) is 30.3 Å². The normalized spacial score (nSPS) is 10.9. The molecule has 0 N–H and O–H groups in total. The van der Waals surface area contributed by atoms with Crippen LogP contribution in [0.1, 0.15) is 6.92 Å². The van der Waals surface area contributed by atoms with E-state index >= 15 is 0 Å². The molecule has 0 fully saturated rings. The standard InChI is InChI=1S/C15H12N2O5/c1-11(15(18)21-13-5-3-2-4-6-13)16-22-14-9-7-12(8-10-14)17(19)20/h2-10H,1H3. The van der Waals surface area contributed by atoms with Gasteiger partial charge in [-0.25, -0.2) is 4.79 Å². The summed E-state index contributed by atoms with van der Waals surface area (Å²) in [7, 11) is 0. The Labute approximate surface area is 125 Å². The van der Waals surface area contributed by atoms with E-state index in [1.807, 2.05) is 0 Å². The van der Waals surface area contributed by atoms with Crippen LogP contribution in [0.2, 0.25) is 0 Å². The lowest BCUT2D eigenvalue weighted by Crippen LogP contribution is -2.18. The van der Waals surface area contributed by atoms with Gasteiger partial charge >= 0.3 is 5.97 Å². The monoisotopic (exact) mass is 300 g/mol. The fraction of sp³-hybridized carbons (Fsp3) is 0.0667. The van der Waals surface area contributed by atoms with Crippen LogP contribution >= 0.6 is 0 Å². The molecule has 2 aromatic carbocycles. The highest BCUT2D eigenvalue weighted by molar-refractivity contribution is 6.35. The highest BCUT2D eigenvalue weighted by atomic mass is 16.6. The number of nitrogens with zero attached hydrogens (tertiary/aromatic N) is 2. The summed E-state index contributed by atoms with van der Waals surface area (Å²) in [6, 6.07) is 13.9. The highest BCUT2D eigenvalue weighted by Crippen LogP contribution is 2.17. The number of para-hydroxylation sites is 1. The van der Waals surface area contributed by atoms with Crippen LogP contribution in [0, 0.1) is 10.1 Å². The quantitative estimate of drug-likeness (QED) is 0.278. The van der Waals surface area contributed by atoms with Gasteiger partial charge in [-0.3, -0.25) is 10.1 Å². The summed E-state index contributed by atoms with van der Waals surface area (Å²) in [5.74, 6) is 0.0305. The maximum Gasteiger partial charge on any atom is 0.361 e. The third-order valence-corrected chi connectivity index (χ3v) is 2.58. The van der Waals surface area contributed by atoms with Crippen molar-refractivity contribution in [1.82, 2.24) is 0 Å². The van der Waals surface area contributed by atoms with Crippen molar-refractivity contribution in [1.29, 1.82) is 0 Å². The van der Waals surface area contributed by atoms with Crippen molar-refractivity contribution in [2.45, 2.75) is 6.92 Å². The summed E-state index contributed by atoms with van der Waals surface area (Å²) in [6.45, 7) is 1.44. The molecule has 22 heavy (non-hydrogen) atoms. The molecule has 112 valence electrons. The Bertz CT molecular complexity index is 696. The Balaban J connectivity index is 1.97. The Hall–Kier alpha value is -3.22. The number of ether oxygens (including phenoxy) is 1. The lowest BCUT2D eigenvalue weighted by Gasteiger charge is -2.03. The van der Waals surface area contributed by atoms with Gasteiger partial charge in [-0.2, -0.15) is 0 Å². The second-order valence-electron chi connectivity index (χ2n) is 4.22. The fourth-order valence-electron chi connectivity index (χ4n) is 1.46. The number of rotatable bonds is 5. The van der Waals surface area contributed by atoms with Crippen LogP contribution in [0.3, 0.4) is 0 Å². The molecule has 0 atom stereocenters. The first kappa shape index (κ1) is 15.2. The number of carbonyl (C=O) groups excluding carboxylic acids is 1. The molecular formula is C15H12N2O5. The number of nitro groups is 1. The molecule has 0 radical (unpaired) electrons. The highest BCUT2D eigenvalue weighted by Gasteiger charge is 2.10. The van der Waals surface area contributed by atoms with E-state index in [0.29, 0.717) is 5.75 Å². The largest absolute Gasteiger partial charge is 0.422 e. The van der Waals surface area contributed by atoms with E-state index in [0.717, 1.165) is 0 Å². The number of hydrogen-bond acceptors (Lipinski definition) is 6. The van der Waals surface area contributed by atoms with Gasteiger partial charge in [0.05, 0.1) is 4.92 Å². The van der Waals surface area contributed by atoms with Gasteiger partial charge in [-0.1, -0.05) is 23.4 Å². The van der Waals surface area contributed by atoms with E-state index in [9.17, 15) is 14.9 Å². The van der Waals surface area contributed by atoms with Gasteiger partial charge in [0, 0.05) is 12.1 Å². The molecule has 0 saturated carbocycles. The minimum absolute atomic E-state index is 0.0159. The maximum absolute atomic E-state index is 11.8. The van der Waals surface area contributed by atoms with Gasteiger partial charge in [0.25, 0.3) is 5.69 Å². The number of esters is 1. The van der Waals surface area contributed by atoms with E-state index in [-0.39, 0.29) is 17.1 Å². The SMILES string of the molecule is CC(=NOc1ccc([N+](=O)[O-])cc1)C(=O)Oc1ccccc1. The molecule has 0 aliphatic carbocycles. The summed E-state index contributed by atoms with van der Waals surface area (Å²) in [5.41, 5.74) is -0.0428. The predicted molar refractivity (Wildman–Crippen MR) is 78.9 cm³/mol. The van der Waals surface area contributed by atoms with Crippen molar-refractivity contribution in [2.75, 3.05) is 0 Å². The average molecular weight is 300 g/mol. The molecule has 0 heterocycles. The number of hydrogen-bond donors (Lipinski definition) is 0. The number of non-ortho nitro benzene ring substituents is 1. The van der Waals surface area contributed by atoms with Crippen molar-refractivity contribution in [3.05, 3.63) is 64.7 Å². The van der Waals surface area contributed by atoms with E-state index in [4.69, 9.17) is 9.57 Å². The third kappa shape index (κ3) is 4.14. The van der Waals surface area contributed by atoms with E-state index in [1.165, 1.54) is 31.2 Å². The summed E-state index contributed by atoms with van der Waals surface area (Å²) in [5, 5.41) is 14.2. The van der Waals surface area contributed by atoms with Crippen molar-refractivity contribution in [3.8, 4) is 11.5 Å². The first-order valence-corrected chi connectivity index (χ1v) is 6.29. The molecule has 0 aliphatic heterocycles. The molecule has 2 rings (SSSR count). The van der Waals surface area contributed by atoms with Crippen LogP contribution in [0.4, 0.5) is 5.69 Å². The zero-order valence-corrected chi connectivity index (χ0v) is 11.6. The summed E-state index contributed by atoms with van der Waals surface area (Å²) >= 11 is 0. The van der Waals surface area contributed by atoms with Crippen molar-refractivity contribution >= 4 is 17.4 Å². The Morgan fingerprint density at radius 2 is 1.68 bits per heavy atom. The molecule has 7 nitrogen and oxygen atoms in total. The zero-order valence-electron chi connectivity index (χ0n) is 11.6. The maximum atomic E-state index is 11.8. The predicted octanol–water partition coefficient (Wildman–Crippen LogP) is 2.96. The van der Waals surface area contributed by atoms with Crippen LogP contribution in [0.5, 0.6) is 11.5 Å². The van der Waals surface area contributed by atoms with Crippen LogP contribution in [0.15, 0.2) is 59.8 Å². The van der Waals surface area contributed by atoms with Gasteiger partial charge in [-0.05, 0) is 31.2 Å². The van der Waals surface area contributed by atoms with Crippen molar-refractivity contribution in [2.24, 2.45) is 5.16 Å². The zero-order chi connectivity index (χ0) is 15.9. The van der Waals surface area contributed by atoms with Crippen LogP contribution in [-0.2, 0) is 4.79 Å². The topological polar surface area (TPSA) is 91.0 Å². The average Bonchev–Trinajstić information content (AvgIpc) is 2.53. The molecule has 0 saturated heterocycles. The lowest BCUT2D eigenvalue weighted by atomic mass is 10.3. The van der Waals surface area contributed by atoms with Crippen LogP contribution < -0.4 is 9.57 Å². The Morgan fingerprint density at radius 3 is 2.27 bits per heavy atom. The minimum Gasteiger partial charge on any atom is -0.422 e. The molecule has 7 heteroatoms. The molecule has 0 aliphatic rings. The van der Waals surface area contributed by atoms with Crippen molar-refractivity contribution < 1.29 is 19.3 Å². The lowest BCUT2D eigenvalue weighted by molar-refractivity contribution is -0.384. The fourth-order valence-corrected chi connectivity index (χ4v) is 1.46. The summed E-state index contributed by atoms with van der Waals surface area (Å²) in [6.07, 6.45) is 0. The first-order chi connectivity index (χ1) is 10.6. The smallest absolute Gasteiger partial charge is 0.361 e. The number of benzene rings is 2. The van der Waals surface area contributed by atoms with Gasteiger partial charge in [0.1, 0.15) is 5.75 Å². The first-order valence-electron chi connectivity index (χ1n) is 6.29. The number of nitro benzene ring substituents is 1. The molecule has 0 aromatic heterocycles. The minimum atomic E-state index is -0.645. The second-order valence-corrected chi connectivity index (χ2v) is 4.22. The molecular weight excluding hydrogens is 288 g/mol. The van der Waals surface area contributed by atoms with Crippen LogP contribution in [-0.4, -0.2) is 16.6 Å². The summed E-state index contributed by atoms with van der Waals surface area (Å²) in [4.78, 5) is 26.8. The summed E-state index contributed by atoms with van der Waals surface area (Å²) < 4.78 is 5.08. The number of carbonyl (C=O) groups is 1. The molecule has 0 unspecified atom stereocenters. The third-order valence-electron chi connectivity index (χ3n) is 2.58. The van der Waals surface area contributed by atoms with E-state index in [2.05, 4.69) is 5.16 Å². The van der Waals surface area contributed by atoms with Gasteiger partial charge in [0.2, 0.25) is 0 Å².